The quantitative estimate of drug-likeness (QED) is 0.837. The van der Waals surface area contributed by atoms with Gasteiger partial charge >= 0.3 is 5.97 Å². The van der Waals surface area contributed by atoms with Crippen molar-refractivity contribution in [2.45, 2.75) is 30.1 Å². The first-order valence-electron chi connectivity index (χ1n) is 5.26. The summed E-state index contributed by atoms with van der Waals surface area (Å²) in [5.74, 6) is 0.225. The van der Waals surface area contributed by atoms with Gasteiger partial charge in [0.1, 0.15) is 0 Å². The Balaban J connectivity index is 2.31. The Morgan fingerprint density at radius 3 is 2.69 bits per heavy atom. The van der Waals surface area contributed by atoms with E-state index in [4.69, 9.17) is 11.6 Å². The number of thioether (sulfide) groups is 1. The van der Waals surface area contributed by atoms with Crippen molar-refractivity contribution in [1.29, 1.82) is 0 Å². The SMILES string of the molecule is CCSc1ccc(C2(C(=O)O)CC2)cc1Cl. The van der Waals surface area contributed by atoms with Crippen LogP contribution >= 0.6 is 23.4 Å². The van der Waals surface area contributed by atoms with E-state index in [9.17, 15) is 9.90 Å². The molecule has 16 heavy (non-hydrogen) atoms. The Kier molecular flexibility index (Phi) is 3.17. The molecule has 0 saturated heterocycles. The van der Waals surface area contributed by atoms with Crippen molar-refractivity contribution in [3.63, 3.8) is 0 Å². The van der Waals surface area contributed by atoms with Gasteiger partial charge in [0.15, 0.2) is 0 Å². The van der Waals surface area contributed by atoms with Gasteiger partial charge in [0.05, 0.1) is 10.4 Å². The zero-order chi connectivity index (χ0) is 11.8. The molecule has 0 bridgehead atoms. The van der Waals surface area contributed by atoms with Crippen LogP contribution in [0, 0.1) is 0 Å². The van der Waals surface area contributed by atoms with E-state index < -0.39 is 11.4 Å². The topological polar surface area (TPSA) is 37.3 Å². The molecule has 1 aromatic rings. The second-order valence-corrected chi connectivity index (χ2v) is 5.68. The van der Waals surface area contributed by atoms with E-state index >= 15 is 0 Å². The Morgan fingerprint density at radius 1 is 1.56 bits per heavy atom. The summed E-state index contributed by atoms with van der Waals surface area (Å²) < 4.78 is 0. The third kappa shape index (κ3) is 1.94. The number of carbonyl (C=O) groups is 1. The molecule has 1 saturated carbocycles. The van der Waals surface area contributed by atoms with Crippen LogP contribution in [0.25, 0.3) is 0 Å². The van der Waals surface area contributed by atoms with Crippen molar-refractivity contribution >= 4 is 29.3 Å². The summed E-state index contributed by atoms with van der Waals surface area (Å²) in [6, 6.07) is 5.63. The maximum Gasteiger partial charge on any atom is 0.314 e. The second kappa shape index (κ2) is 4.30. The number of benzene rings is 1. The van der Waals surface area contributed by atoms with E-state index in [0.29, 0.717) is 5.02 Å². The van der Waals surface area contributed by atoms with E-state index in [1.54, 1.807) is 17.8 Å². The van der Waals surface area contributed by atoms with E-state index in [0.717, 1.165) is 29.1 Å². The zero-order valence-corrected chi connectivity index (χ0v) is 10.6. The summed E-state index contributed by atoms with van der Waals surface area (Å²) in [6.45, 7) is 2.06. The number of carboxylic acids is 1. The summed E-state index contributed by atoms with van der Waals surface area (Å²) >= 11 is 7.80. The van der Waals surface area contributed by atoms with Crippen molar-refractivity contribution in [2.24, 2.45) is 0 Å². The molecule has 0 spiro atoms. The molecule has 0 unspecified atom stereocenters. The van der Waals surface area contributed by atoms with Gasteiger partial charge in [0, 0.05) is 4.90 Å². The first-order valence-corrected chi connectivity index (χ1v) is 6.63. The van der Waals surface area contributed by atoms with Gasteiger partial charge < -0.3 is 5.11 Å². The minimum Gasteiger partial charge on any atom is -0.481 e. The summed E-state index contributed by atoms with van der Waals surface area (Å²) in [5, 5.41) is 9.84. The predicted molar refractivity (Wildman–Crippen MR) is 66.4 cm³/mol. The summed E-state index contributed by atoms with van der Waals surface area (Å²) in [6.07, 6.45) is 1.44. The Hall–Kier alpha value is -0.670. The molecule has 0 amide bonds. The summed E-state index contributed by atoms with van der Waals surface area (Å²) in [4.78, 5) is 12.2. The largest absolute Gasteiger partial charge is 0.481 e. The molecule has 1 aliphatic carbocycles. The van der Waals surface area contributed by atoms with Gasteiger partial charge in [-0.2, -0.15) is 0 Å². The fourth-order valence-electron chi connectivity index (χ4n) is 1.82. The van der Waals surface area contributed by atoms with Crippen LogP contribution in [-0.4, -0.2) is 16.8 Å². The smallest absolute Gasteiger partial charge is 0.314 e. The van der Waals surface area contributed by atoms with E-state index in [2.05, 4.69) is 6.92 Å². The van der Waals surface area contributed by atoms with Crippen LogP contribution < -0.4 is 0 Å². The minimum absolute atomic E-state index is 0.654. The molecule has 0 radical (unpaired) electrons. The first-order chi connectivity index (χ1) is 7.60. The third-order valence-electron chi connectivity index (χ3n) is 2.94. The van der Waals surface area contributed by atoms with Crippen molar-refractivity contribution in [3.05, 3.63) is 28.8 Å². The fourth-order valence-corrected chi connectivity index (χ4v) is 2.84. The van der Waals surface area contributed by atoms with Gasteiger partial charge in [0.25, 0.3) is 0 Å². The second-order valence-electron chi connectivity index (χ2n) is 3.97. The van der Waals surface area contributed by atoms with E-state index in [-0.39, 0.29) is 0 Å². The van der Waals surface area contributed by atoms with E-state index in [1.165, 1.54) is 0 Å². The molecule has 1 fully saturated rings. The number of hydrogen-bond acceptors (Lipinski definition) is 2. The van der Waals surface area contributed by atoms with Crippen LogP contribution in [-0.2, 0) is 10.2 Å². The highest BCUT2D eigenvalue weighted by molar-refractivity contribution is 7.99. The lowest BCUT2D eigenvalue weighted by molar-refractivity contribution is -0.140. The molecular weight excluding hydrogens is 244 g/mol. The molecule has 1 aliphatic rings. The summed E-state index contributed by atoms with van der Waals surface area (Å²) in [5.41, 5.74) is 0.185. The molecule has 4 heteroatoms. The monoisotopic (exact) mass is 256 g/mol. The maximum absolute atomic E-state index is 11.2. The van der Waals surface area contributed by atoms with Crippen molar-refractivity contribution < 1.29 is 9.90 Å². The number of aliphatic carboxylic acids is 1. The highest BCUT2D eigenvalue weighted by atomic mass is 35.5. The Labute approximate surface area is 104 Å². The number of hydrogen-bond donors (Lipinski definition) is 1. The van der Waals surface area contributed by atoms with Crippen LogP contribution in [0.2, 0.25) is 5.02 Å². The minimum atomic E-state index is -0.737. The number of rotatable bonds is 4. The average molecular weight is 257 g/mol. The molecule has 0 heterocycles. The standard InChI is InChI=1S/C12H13ClO2S/c1-2-16-10-4-3-8(7-9(10)13)12(5-6-12)11(14)15/h3-4,7H,2,5-6H2,1H3,(H,14,15). The fraction of sp³-hybridized carbons (Fsp3) is 0.417. The Morgan fingerprint density at radius 2 is 2.25 bits per heavy atom. The van der Waals surface area contributed by atoms with Crippen molar-refractivity contribution in [1.82, 2.24) is 0 Å². The first kappa shape index (κ1) is 11.8. The van der Waals surface area contributed by atoms with Gasteiger partial charge in [0.2, 0.25) is 0 Å². The molecule has 0 atom stereocenters. The molecule has 0 aliphatic heterocycles. The van der Waals surface area contributed by atoms with Gasteiger partial charge in [-0.3, -0.25) is 4.79 Å². The normalized spacial score (nSPS) is 17.1. The molecule has 86 valence electrons. The molecule has 2 rings (SSSR count). The van der Waals surface area contributed by atoms with Gasteiger partial charge in [-0.1, -0.05) is 24.6 Å². The molecule has 2 nitrogen and oxygen atoms in total. The lowest BCUT2D eigenvalue weighted by Crippen LogP contribution is -2.19. The van der Waals surface area contributed by atoms with Gasteiger partial charge in [-0.15, -0.1) is 11.8 Å². The molecule has 1 N–H and O–H groups in total. The predicted octanol–water partition coefficient (Wildman–Crippen LogP) is 3.57. The molecule has 0 aromatic heterocycles. The maximum atomic E-state index is 11.2. The van der Waals surface area contributed by atoms with Crippen LogP contribution in [0.3, 0.4) is 0 Å². The number of carboxylic acid groups (broad SMARTS) is 1. The lowest BCUT2D eigenvalue weighted by Gasteiger charge is -2.12. The zero-order valence-electron chi connectivity index (χ0n) is 9.00. The van der Waals surface area contributed by atoms with E-state index in [1.807, 2.05) is 12.1 Å². The van der Waals surface area contributed by atoms with Crippen LogP contribution in [0.4, 0.5) is 0 Å². The van der Waals surface area contributed by atoms with Crippen molar-refractivity contribution in [3.8, 4) is 0 Å². The average Bonchev–Trinajstić information content (AvgIpc) is 3.02. The lowest BCUT2D eigenvalue weighted by atomic mass is 9.96. The molecule has 1 aromatic carbocycles. The van der Waals surface area contributed by atoms with Gasteiger partial charge in [-0.05, 0) is 36.3 Å². The van der Waals surface area contributed by atoms with Crippen LogP contribution in [0.15, 0.2) is 23.1 Å². The summed E-state index contributed by atoms with van der Waals surface area (Å²) in [7, 11) is 0. The van der Waals surface area contributed by atoms with Crippen LogP contribution in [0.1, 0.15) is 25.3 Å². The van der Waals surface area contributed by atoms with Crippen LogP contribution in [0.5, 0.6) is 0 Å². The van der Waals surface area contributed by atoms with Crippen molar-refractivity contribution in [2.75, 3.05) is 5.75 Å². The highest BCUT2D eigenvalue weighted by Crippen LogP contribution is 2.49. The number of halogens is 1. The Bertz CT molecular complexity index is 427. The van der Waals surface area contributed by atoms with Gasteiger partial charge in [-0.25, -0.2) is 0 Å². The highest BCUT2D eigenvalue weighted by Gasteiger charge is 2.51. The third-order valence-corrected chi connectivity index (χ3v) is 4.32. The molecular formula is C12H13ClO2S.